The summed E-state index contributed by atoms with van der Waals surface area (Å²) in [6, 6.07) is 0. The molecule has 0 N–H and O–H groups in total. The van der Waals surface area contributed by atoms with Crippen LogP contribution in [0.15, 0.2) is 11.1 Å². The molecule has 1 heterocycles. The maximum atomic E-state index is 12.3. The van der Waals surface area contributed by atoms with E-state index >= 15 is 0 Å². The Morgan fingerprint density at radius 2 is 1.81 bits per heavy atom. The maximum Gasteiger partial charge on any atom is 0.342 e. The summed E-state index contributed by atoms with van der Waals surface area (Å²) in [6.45, 7) is 5.83. The topological polar surface area (TPSA) is 43.4 Å². The summed E-state index contributed by atoms with van der Waals surface area (Å²) in [5.41, 5.74) is 0.387. The molecule has 0 atom stereocenters. The van der Waals surface area contributed by atoms with Crippen molar-refractivity contribution in [3.8, 4) is 0 Å². The minimum atomic E-state index is -0.789. The summed E-state index contributed by atoms with van der Waals surface area (Å²) >= 11 is 0. The van der Waals surface area contributed by atoms with Gasteiger partial charge >= 0.3 is 5.97 Å². The van der Waals surface area contributed by atoms with E-state index in [2.05, 4.69) is 0 Å². The third-order valence-electron chi connectivity index (χ3n) is 3.80. The Hall–Kier alpha value is -1.12. The van der Waals surface area contributed by atoms with Crippen LogP contribution in [-0.2, 0) is 14.3 Å². The summed E-state index contributed by atoms with van der Waals surface area (Å²) < 4.78 is 5.36. The molecular formula is C13H18O3. The first kappa shape index (κ1) is 11.4. The van der Waals surface area contributed by atoms with Crippen molar-refractivity contribution >= 4 is 11.8 Å². The monoisotopic (exact) mass is 222 g/mol. The predicted molar refractivity (Wildman–Crippen MR) is 59.8 cm³/mol. The molecular weight excluding hydrogens is 204 g/mol. The molecule has 0 amide bonds. The van der Waals surface area contributed by atoms with Gasteiger partial charge in [0.1, 0.15) is 5.57 Å². The molecule has 1 aliphatic carbocycles. The highest BCUT2D eigenvalue weighted by molar-refractivity contribution is 6.25. The van der Waals surface area contributed by atoms with E-state index in [0.717, 1.165) is 18.4 Å². The lowest BCUT2D eigenvalue weighted by Crippen LogP contribution is -2.32. The Kier molecular flexibility index (Phi) is 2.64. The van der Waals surface area contributed by atoms with Crippen molar-refractivity contribution in [2.24, 2.45) is 5.92 Å². The van der Waals surface area contributed by atoms with Crippen LogP contribution < -0.4 is 0 Å². The van der Waals surface area contributed by atoms with Crippen LogP contribution in [0.25, 0.3) is 0 Å². The highest BCUT2D eigenvalue weighted by Gasteiger charge is 2.54. The second kappa shape index (κ2) is 3.72. The average Bonchev–Trinajstić information content (AvgIpc) is 2.75. The summed E-state index contributed by atoms with van der Waals surface area (Å²) in [5.74, 6) is -0.262. The van der Waals surface area contributed by atoms with E-state index in [1.54, 1.807) is 0 Å². The lowest BCUT2D eigenvalue weighted by molar-refractivity contribution is -0.150. The summed E-state index contributed by atoms with van der Waals surface area (Å²) in [6.07, 6.45) is 3.36. The summed E-state index contributed by atoms with van der Waals surface area (Å²) in [4.78, 5) is 24.1. The van der Waals surface area contributed by atoms with Crippen molar-refractivity contribution in [2.45, 2.75) is 52.1 Å². The van der Waals surface area contributed by atoms with Gasteiger partial charge in [0, 0.05) is 0 Å². The molecule has 3 heteroatoms. The quantitative estimate of drug-likeness (QED) is 0.388. The molecule has 1 saturated heterocycles. The Morgan fingerprint density at radius 3 is 2.31 bits per heavy atom. The van der Waals surface area contributed by atoms with Crippen molar-refractivity contribution in [2.75, 3.05) is 0 Å². The van der Waals surface area contributed by atoms with Crippen LogP contribution in [0.1, 0.15) is 46.5 Å². The van der Waals surface area contributed by atoms with Crippen LogP contribution in [0.5, 0.6) is 0 Å². The minimum absolute atomic E-state index is 0.0683. The summed E-state index contributed by atoms with van der Waals surface area (Å²) in [7, 11) is 0. The van der Waals surface area contributed by atoms with Crippen LogP contribution in [0, 0.1) is 5.92 Å². The van der Waals surface area contributed by atoms with Gasteiger partial charge in [-0.1, -0.05) is 19.4 Å². The molecule has 0 aromatic carbocycles. The van der Waals surface area contributed by atoms with Crippen LogP contribution in [0.3, 0.4) is 0 Å². The molecule has 0 radical (unpaired) electrons. The highest BCUT2D eigenvalue weighted by atomic mass is 16.6. The second-order valence-corrected chi connectivity index (χ2v) is 5.13. The Labute approximate surface area is 95.9 Å². The van der Waals surface area contributed by atoms with E-state index in [9.17, 15) is 9.59 Å². The number of esters is 1. The number of carbonyl (C=O) groups is 2. The van der Waals surface area contributed by atoms with E-state index in [0.29, 0.717) is 18.4 Å². The van der Waals surface area contributed by atoms with Gasteiger partial charge in [-0.05, 0) is 38.5 Å². The maximum absolute atomic E-state index is 12.3. The molecule has 2 aliphatic rings. The van der Waals surface area contributed by atoms with Gasteiger partial charge in [-0.2, -0.15) is 0 Å². The molecule has 16 heavy (non-hydrogen) atoms. The van der Waals surface area contributed by atoms with Gasteiger partial charge in [0.25, 0.3) is 0 Å². The van der Waals surface area contributed by atoms with Crippen LogP contribution in [0.2, 0.25) is 0 Å². The SMILES string of the molecule is C/C(=C1\C(=O)OC2(CCCC2)C1=O)C(C)C. The number of ether oxygens (including phenoxy) is 1. The average molecular weight is 222 g/mol. The largest absolute Gasteiger partial charge is 0.447 e. The molecule has 0 bridgehead atoms. The van der Waals surface area contributed by atoms with Crippen LogP contribution in [-0.4, -0.2) is 17.4 Å². The zero-order valence-corrected chi connectivity index (χ0v) is 10.1. The molecule has 2 rings (SSSR count). The van der Waals surface area contributed by atoms with Gasteiger partial charge in [-0.25, -0.2) is 4.79 Å². The van der Waals surface area contributed by atoms with Gasteiger partial charge in [-0.15, -0.1) is 0 Å². The number of carbonyl (C=O) groups excluding carboxylic acids is 2. The van der Waals surface area contributed by atoms with Crippen molar-refractivity contribution in [3.05, 3.63) is 11.1 Å². The minimum Gasteiger partial charge on any atom is -0.447 e. The van der Waals surface area contributed by atoms with Crippen molar-refractivity contribution < 1.29 is 14.3 Å². The van der Waals surface area contributed by atoms with E-state index in [1.807, 2.05) is 20.8 Å². The first-order valence-electron chi connectivity index (χ1n) is 5.97. The fourth-order valence-electron chi connectivity index (χ4n) is 2.50. The molecule has 1 aliphatic heterocycles. The number of hydrogen-bond acceptors (Lipinski definition) is 3. The van der Waals surface area contributed by atoms with Gasteiger partial charge in [-0.3, -0.25) is 4.79 Å². The molecule has 0 unspecified atom stereocenters. The predicted octanol–water partition coefficient (Wildman–Crippen LogP) is 2.40. The molecule has 1 spiro atoms. The molecule has 1 saturated carbocycles. The fourth-order valence-corrected chi connectivity index (χ4v) is 2.50. The lowest BCUT2D eigenvalue weighted by Gasteiger charge is -2.18. The number of rotatable bonds is 1. The normalized spacial score (nSPS) is 26.8. The molecule has 3 nitrogen and oxygen atoms in total. The zero-order chi connectivity index (χ0) is 11.9. The van der Waals surface area contributed by atoms with Gasteiger partial charge in [0.15, 0.2) is 5.60 Å². The van der Waals surface area contributed by atoms with Crippen molar-refractivity contribution in [1.82, 2.24) is 0 Å². The van der Waals surface area contributed by atoms with Crippen LogP contribution in [0.4, 0.5) is 0 Å². The van der Waals surface area contributed by atoms with E-state index in [-0.39, 0.29) is 11.7 Å². The number of hydrogen-bond donors (Lipinski definition) is 0. The number of Topliss-reactive ketones (excluding diaryl/α,β-unsaturated/α-hetero) is 1. The molecule has 88 valence electrons. The first-order valence-corrected chi connectivity index (χ1v) is 5.97. The van der Waals surface area contributed by atoms with E-state index in [1.165, 1.54) is 0 Å². The summed E-state index contributed by atoms with van der Waals surface area (Å²) in [5, 5.41) is 0. The van der Waals surface area contributed by atoms with E-state index in [4.69, 9.17) is 4.74 Å². The Morgan fingerprint density at radius 1 is 1.25 bits per heavy atom. The standard InChI is InChI=1S/C13H18O3/c1-8(2)9(3)10-11(14)13(16-12(10)15)6-4-5-7-13/h8H,4-7H2,1-3H3/b10-9+. The molecule has 2 fully saturated rings. The first-order chi connectivity index (χ1) is 7.48. The number of allylic oxidation sites excluding steroid dienone is 1. The lowest BCUT2D eigenvalue weighted by atomic mass is 9.89. The molecule has 0 aromatic heterocycles. The third-order valence-corrected chi connectivity index (χ3v) is 3.80. The van der Waals surface area contributed by atoms with Crippen LogP contribution >= 0.6 is 0 Å². The van der Waals surface area contributed by atoms with Gasteiger partial charge in [0.05, 0.1) is 0 Å². The Balaban J connectivity index is 2.41. The highest BCUT2D eigenvalue weighted by Crippen LogP contribution is 2.42. The second-order valence-electron chi connectivity index (χ2n) is 5.13. The van der Waals surface area contributed by atoms with Gasteiger partial charge < -0.3 is 4.74 Å². The van der Waals surface area contributed by atoms with Gasteiger partial charge in [0.2, 0.25) is 5.78 Å². The third kappa shape index (κ3) is 1.49. The number of ketones is 1. The zero-order valence-electron chi connectivity index (χ0n) is 10.1. The fraction of sp³-hybridized carbons (Fsp3) is 0.692. The molecule has 0 aromatic rings. The smallest absolute Gasteiger partial charge is 0.342 e. The van der Waals surface area contributed by atoms with Crippen molar-refractivity contribution in [3.63, 3.8) is 0 Å². The Bertz CT molecular complexity index is 371. The van der Waals surface area contributed by atoms with E-state index < -0.39 is 11.6 Å². The van der Waals surface area contributed by atoms with Crippen molar-refractivity contribution in [1.29, 1.82) is 0 Å².